The molecule has 0 aliphatic heterocycles. The molecule has 0 fully saturated rings. The minimum atomic E-state index is -3.86. The van der Waals surface area contributed by atoms with Gasteiger partial charge in [-0.25, -0.2) is 8.42 Å². The van der Waals surface area contributed by atoms with E-state index in [0.717, 1.165) is 12.0 Å². The number of carbonyl (C=O) groups is 1. The number of benzene rings is 1. The molecular formula is C14H20ClNO3S. The topological polar surface area (TPSA) is 54.5 Å². The molecule has 0 saturated carbocycles. The molecule has 0 heterocycles. The molecule has 1 amide bonds. The van der Waals surface area contributed by atoms with Crippen molar-refractivity contribution in [3.8, 4) is 0 Å². The maximum atomic E-state index is 12.4. The third kappa shape index (κ3) is 3.52. The van der Waals surface area contributed by atoms with Gasteiger partial charge in [0.2, 0.25) is 0 Å². The van der Waals surface area contributed by atoms with Gasteiger partial charge in [-0.2, -0.15) is 0 Å². The molecule has 4 nitrogen and oxygen atoms in total. The highest BCUT2D eigenvalue weighted by molar-refractivity contribution is 8.13. The Labute approximate surface area is 125 Å². The molecule has 0 N–H and O–H groups in total. The van der Waals surface area contributed by atoms with Gasteiger partial charge in [0, 0.05) is 29.3 Å². The number of hydrogen-bond acceptors (Lipinski definition) is 3. The summed E-state index contributed by atoms with van der Waals surface area (Å²) in [5.41, 5.74) is 1.66. The predicted molar refractivity (Wildman–Crippen MR) is 80.8 cm³/mol. The molecule has 0 aliphatic carbocycles. The third-order valence-corrected chi connectivity index (χ3v) is 5.05. The fourth-order valence-electron chi connectivity index (χ4n) is 1.99. The summed E-state index contributed by atoms with van der Waals surface area (Å²) < 4.78 is 23.1. The van der Waals surface area contributed by atoms with E-state index in [2.05, 4.69) is 0 Å². The number of hydrogen-bond donors (Lipinski definition) is 0. The predicted octanol–water partition coefficient (Wildman–Crippen LogP) is 3.10. The first-order valence-electron chi connectivity index (χ1n) is 6.42. The highest BCUT2D eigenvalue weighted by Crippen LogP contribution is 2.24. The lowest BCUT2D eigenvalue weighted by atomic mass is 10.0. The Bertz CT molecular complexity index is 626. The van der Waals surface area contributed by atoms with E-state index in [4.69, 9.17) is 10.7 Å². The summed E-state index contributed by atoms with van der Waals surface area (Å²) in [6.45, 7) is 7.38. The van der Waals surface area contributed by atoms with E-state index in [1.165, 1.54) is 6.07 Å². The van der Waals surface area contributed by atoms with Gasteiger partial charge in [0.25, 0.3) is 15.0 Å². The maximum Gasteiger partial charge on any atom is 0.261 e. The molecule has 0 aromatic heterocycles. The second-order valence-corrected chi connectivity index (χ2v) is 7.58. The summed E-state index contributed by atoms with van der Waals surface area (Å²) >= 11 is 0. The van der Waals surface area contributed by atoms with Gasteiger partial charge < -0.3 is 4.90 Å². The number of rotatable bonds is 4. The van der Waals surface area contributed by atoms with E-state index >= 15 is 0 Å². The van der Waals surface area contributed by atoms with Gasteiger partial charge in [-0.15, -0.1) is 0 Å². The van der Waals surface area contributed by atoms with Crippen molar-refractivity contribution in [2.45, 2.75) is 45.1 Å². The Kier molecular flexibility index (Phi) is 5.21. The molecule has 0 aliphatic rings. The summed E-state index contributed by atoms with van der Waals surface area (Å²) in [7, 11) is 3.27. The van der Waals surface area contributed by atoms with Crippen molar-refractivity contribution in [1.82, 2.24) is 4.90 Å². The minimum Gasteiger partial charge on any atom is -0.339 e. The first-order chi connectivity index (χ1) is 9.09. The van der Waals surface area contributed by atoms with Crippen molar-refractivity contribution in [2.24, 2.45) is 0 Å². The molecule has 1 rings (SSSR count). The van der Waals surface area contributed by atoms with E-state index in [9.17, 15) is 13.2 Å². The van der Waals surface area contributed by atoms with Crippen molar-refractivity contribution < 1.29 is 13.2 Å². The van der Waals surface area contributed by atoms with E-state index in [-0.39, 0.29) is 16.8 Å². The van der Waals surface area contributed by atoms with Crippen LogP contribution in [-0.2, 0) is 9.05 Å². The summed E-state index contributed by atoms with van der Waals surface area (Å²) in [6.07, 6.45) is 0.827. The zero-order chi connectivity index (χ0) is 15.7. The van der Waals surface area contributed by atoms with Crippen molar-refractivity contribution in [3.05, 3.63) is 28.8 Å². The molecule has 1 aromatic rings. The van der Waals surface area contributed by atoms with Crippen molar-refractivity contribution >= 4 is 25.6 Å². The van der Waals surface area contributed by atoms with Crippen LogP contribution in [0.2, 0.25) is 0 Å². The Balaban J connectivity index is 3.36. The molecule has 1 unspecified atom stereocenters. The smallest absolute Gasteiger partial charge is 0.261 e. The van der Waals surface area contributed by atoms with Crippen LogP contribution in [0.3, 0.4) is 0 Å². The lowest BCUT2D eigenvalue weighted by molar-refractivity contribution is 0.0739. The zero-order valence-electron chi connectivity index (χ0n) is 12.4. The molecule has 20 heavy (non-hydrogen) atoms. The Morgan fingerprint density at radius 2 is 1.85 bits per heavy atom. The van der Waals surface area contributed by atoms with E-state index < -0.39 is 9.05 Å². The molecule has 0 saturated heterocycles. The zero-order valence-corrected chi connectivity index (χ0v) is 14.0. The van der Waals surface area contributed by atoms with Gasteiger partial charge in [-0.05, 0) is 44.4 Å². The third-order valence-electron chi connectivity index (χ3n) is 3.59. The number of halogens is 1. The highest BCUT2D eigenvalue weighted by atomic mass is 35.7. The standard InChI is InChI=1S/C14H20ClNO3S/c1-6-11(4)16(5)14(17)12-8-13(20(15,18)19)10(3)7-9(12)2/h7-8,11H,6H2,1-5H3. The van der Waals surface area contributed by atoms with Crippen LogP contribution >= 0.6 is 10.7 Å². The SMILES string of the molecule is CCC(C)N(C)C(=O)c1cc(S(=O)(=O)Cl)c(C)cc1C. The van der Waals surface area contributed by atoms with Crippen LogP contribution in [0.4, 0.5) is 0 Å². The van der Waals surface area contributed by atoms with Crippen molar-refractivity contribution in [1.29, 1.82) is 0 Å². The molecule has 0 radical (unpaired) electrons. The highest BCUT2D eigenvalue weighted by Gasteiger charge is 2.22. The first kappa shape index (κ1) is 17.0. The summed E-state index contributed by atoms with van der Waals surface area (Å²) in [6, 6.07) is 3.13. The summed E-state index contributed by atoms with van der Waals surface area (Å²) in [4.78, 5) is 14.0. The minimum absolute atomic E-state index is 0.00864. The molecular weight excluding hydrogens is 298 g/mol. The Morgan fingerprint density at radius 1 is 1.30 bits per heavy atom. The van der Waals surface area contributed by atoms with E-state index in [1.807, 2.05) is 13.8 Å². The first-order valence-corrected chi connectivity index (χ1v) is 8.73. The molecule has 6 heteroatoms. The van der Waals surface area contributed by atoms with Crippen LogP contribution in [-0.4, -0.2) is 32.3 Å². The van der Waals surface area contributed by atoms with E-state index in [0.29, 0.717) is 11.1 Å². The van der Waals surface area contributed by atoms with Crippen LogP contribution in [0, 0.1) is 13.8 Å². The molecule has 112 valence electrons. The number of amides is 1. The summed E-state index contributed by atoms with van der Waals surface area (Å²) in [5.74, 6) is -0.196. The second-order valence-electron chi connectivity index (χ2n) is 5.04. The second kappa shape index (κ2) is 6.14. The van der Waals surface area contributed by atoms with Gasteiger partial charge in [0.1, 0.15) is 0 Å². The van der Waals surface area contributed by atoms with Gasteiger partial charge in [0.15, 0.2) is 0 Å². The number of aryl methyl sites for hydroxylation is 2. The van der Waals surface area contributed by atoms with Crippen molar-refractivity contribution in [3.63, 3.8) is 0 Å². The molecule has 0 bridgehead atoms. The summed E-state index contributed by atoms with van der Waals surface area (Å²) in [5, 5.41) is 0. The molecule has 0 spiro atoms. The average Bonchev–Trinajstić information content (AvgIpc) is 2.34. The fraction of sp³-hybridized carbons (Fsp3) is 0.500. The lowest BCUT2D eigenvalue weighted by Gasteiger charge is -2.25. The van der Waals surface area contributed by atoms with Gasteiger partial charge in [0.05, 0.1) is 4.90 Å². The average molecular weight is 318 g/mol. The van der Waals surface area contributed by atoms with E-state index in [1.54, 1.807) is 31.9 Å². The van der Waals surface area contributed by atoms with Gasteiger partial charge >= 0.3 is 0 Å². The van der Waals surface area contributed by atoms with Crippen LogP contribution in [0.1, 0.15) is 41.8 Å². The van der Waals surface area contributed by atoms with Crippen molar-refractivity contribution in [2.75, 3.05) is 7.05 Å². The van der Waals surface area contributed by atoms with Gasteiger partial charge in [-0.1, -0.05) is 13.0 Å². The van der Waals surface area contributed by atoms with Crippen LogP contribution in [0.5, 0.6) is 0 Å². The van der Waals surface area contributed by atoms with Crippen LogP contribution in [0.15, 0.2) is 17.0 Å². The van der Waals surface area contributed by atoms with Crippen LogP contribution < -0.4 is 0 Å². The monoisotopic (exact) mass is 317 g/mol. The largest absolute Gasteiger partial charge is 0.339 e. The Hall–Kier alpha value is -1.07. The normalized spacial score (nSPS) is 13.1. The number of carbonyl (C=O) groups excluding carboxylic acids is 1. The lowest BCUT2D eigenvalue weighted by Crippen LogP contribution is -2.35. The quantitative estimate of drug-likeness (QED) is 0.802. The Morgan fingerprint density at radius 3 is 2.30 bits per heavy atom. The number of nitrogens with zero attached hydrogens (tertiary/aromatic N) is 1. The molecule has 1 atom stereocenters. The van der Waals surface area contributed by atoms with Crippen LogP contribution in [0.25, 0.3) is 0 Å². The maximum absolute atomic E-state index is 12.4. The molecule has 1 aromatic carbocycles. The fourth-order valence-corrected chi connectivity index (χ4v) is 3.19. The van der Waals surface area contributed by atoms with Gasteiger partial charge in [-0.3, -0.25) is 4.79 Å².